The molecule has 1 aliphatic heterocycles. The van der Waals surface area contributed by atoms with Crippen LogP contribution in [0, 0.1) is 0 Å². The summed E-state index contributed by atoms with van der Waals surface area (Å²) in [6.07, 6.45) is 1.36. The molecule has 0 aromatic heterocycles. The average Bonchev–Trinajstić information content (AvgIpc) is 2.84. The number of hydrogen-bond donors (Lipinski definition) is 1. The zero-order chi connectivity index (χ0) is 13.5. The fourth-order valence-corrected chi connectivity index (χ4v) is 3.07. The smallest absolute Gasteiger partial charge is 0.246 e. The maximum atomic E-state index is 12.3. The molecule has 104 valence electrons. The number of carbonyl (C=O) groups excluding carboxylic acids is 2. The first-order valence-electron chi connectivity index (χ1n) is 6.38. The second kappa shape index (κ2) is 7.63. The molecule has 1 aliphatic rings. The van der Waals surface area contributed by atoms with Gasteiger partial charge in [-0.15, -0.1) is 11.8 Å². The van der Waals surface area contributed by atoms with Gasteiger partial charge in [-0.05, 0) is 13.5 Å². The number of hydrogen-bond acceptors (Lipinski definition) is 4. The van der Waals surface area contributed by atoms with Crippen molar-refractivity contribution in [2.45, 2.75) is 25.8 Å². The van der Waals surface area contributed by atoms with E-state index < -0.39 is 0 Å². The zero-order valence-electron chi connectivity index (χ0n) is 11.4. The molecule has 1 heterocycles. The van der Waals surface area contributed by atoms with Crippen molar-refractivity contribution in [1.82, 2.24) is 15.1 Å². The van der Waals surface area contributed by atoms with E-state index in [4.69, 9.17) is 0 Å². The van der Waals surface area contributed by atoms with Gasteiger partial charge in [0, 0.05) is 32.3 Å². The number of amides is 2. The van der Waals surface area contributed by atoms with Gasteiger partial charge in [0.2, 0.25) is 11.8 Å². The van der Waals surface area contributed by atoms with Gasteiger partial charge in [-0.3, -0.25) is 9.59 Å². The van der Waals surface area contributed by atoms with E-state index in [-0.39, 0.29) is 17.9 Å². The summed E-state index contributed by atoms with van der Waals surface area (Å²) >= 11 is 1.66. The highest BCUT2D eigenvalue weighted by molar-refractivity contribution is 7.99. The van der Waals surface area contributed by atoms with Gasteiger partial charge in [-0.25, -0.2) is 0 Å². The number of nitrogens with one attached hydrogen (secondary N) is 1. The molecule has 0 bridgehead atoms. The minimum atomic E-state index is -0.268. The topological polar surface area (TPSA) is 52.7 Å². The number of carbonyl (C=O) groups is 2. The highest BCUT2D eigenvalue weighted by Crippen LogP contribution is 2.23. The summed E-state index contributed by atoms with van der Waals surface area (Å²) in [7, 11) is 3.66. The Kier molecular flexibility index (Phi) is 6.49. The maximum absolute atomic E-state index is 12.3. The Hall–Kier alpha value is -0.750. The van der Waals surface area contributed by atoms with Crippen molar-refractivity contribution in [2.24, 2.45) is 0 Å². The molecule has 1 unspecified atom stereocenters. The molecule has 1 saturated heterocycles. The fourth-order valence-electron chi connectivity index (χ4n) is 1.89. The molecule has 1 atom stereocenters. The Morgan fingerprint density at radius 1 is 1.50 bits per heavy atom. The molecular formula is C12H23N3O2S. The van der Waals surface area contributed by atoms with Crippen molar-refractivity contribution < 1.29 is 9.59 Å². The van der Waals surface area contributed by atoms with Crippen molar-refractivity contribution in [3.63, 3.8) is 0 Å². The van der Waals surface area contributed by atoms with E-state index in [0.29, 0.717) is 18.8 Å². The lowest BCUT2D eigenvalue weighted by Crippen LogP contribution is -2.48. The summed E-state index contributed by atoms with van der Waals surface area (Å²) < 4.78 is 0. The van der Waals surface area contributed by atoms with E-state index in [1.54, 1.807) is 28.6 Å². The Labute approximate surface area is 113 Å². The van der Waals surface area contributed by atoms with Gasteiger partial charge in [-0.1, -0.05) is 6.92 Å². The molecule has 6 heteroatoms. The van der Waals surface area contributed by atoms with Crippen LogP contribution in [0.4, 0.5) is 0 Å². The Morgan fingerprint density at radius 3 is 2.83 bits per heavy atom. The van der Waals surface area contributed by atoms with Gasteiger partial charge in [0.05, 0.1) is 5.88 Å². The van der Waals surface area contributed by atoms with Gasteiger partial charge in [-0.2, -0.15) is 0 Å². The highest BCUT2D eigenvalue weighted by Gasteiger charge is 2.35. The molecule has 18 heavy (non-hydrogen) atoms. The van der Waals surface area contributed by atoms with E-state index in [1.165, 1.54) is 0 Å². The second-order valence-corrected chi connectivity index (χ2v) is 5.49. The predicted octanol–water partition coefficient (Wildman–Crippen LogP) is 0.366. The van der Waals surface area contributed by atoms with Crippen LogP contribution in [0.25, 0.3) is 0 Å². The third-order valence-electron chi connectivity index (χ3n) is 3.03. The summed E-state index contributed by atoms with van der Waals surface area (Å²) in [5.41, 5.74) is 0. The fraction of sp³-hybridized carbons (Fsp3) is 0.833. The molecule has 0 spiro atoms. The molecule has 1 N–H and O–H groups in total. The molecule has 5 nitrogen and oxygen atoms in total. The molecular weight excluding hydrogens is 250 g/mol. The SMILES string of the molecule is CCCC(=O)N1CSCC1C(=O)N(C)CCNC. The van der Waals surface area contributed by atoms with Crippen LogP contribution < -0.4 is 5.32 Å². The van der Waals surface area contributed by atoms with Gasteiger partial charge in [0.15, 0.2) is 0 Å². The first kappa shape index (κ1) is 15.3. The van der Waals surface area contributed by atoms with E-state index in [9.17, 15) is 9.59 Å². The van der Waals surface area contributed by atoms with Gasteiger partial charge in [0.25, 0.3) is 0 Å². The summed E-state index contributed by atoms with van der Waals surface area (Å²) in [5.74, 6) is 1.52. The molecule has 0 aromatic carbocycles. The average molecular weight is 273 g/mol. The summed E-state index contributed by atoms with van der Waals surface area (Å²) in [4.78, 5) is 27.6. The minimum Gasteiger partial charge on any atom is -0.343 e. The van der Waals surface area contributed by atoms with Crippen LogP contribution in [0.1, 0.15) is 19.8 Å². The molecule has 0 aromatic rings. The van der Waals surface area contributed by atoms with E-state index in [1.807, 2.05) is 14.0 Å². The monoisotopic (exact) mass is 273 g/mol. The van der Waals surface area contributed by atoms with Crippen molar-refractivity contribution in [3.05, 3.63) is 0 Å². The molecule has 2 amide bonds. The van der Waals surface area contributed by atoms with Gasteiger partial charge < -0.3 is 15.1 Å². The predicted molar refractivity (Wildman–Crippen MR) is 74.4 cm³/mol. The van der Waals surface area contributed by atoms with Crippen LogP contribution >= 0.6 is 11.8 Å². The zero-order valence-corrected chi connectivity index (χ0v) is 12.3. The van der Waals surface area contributed by atoms with Crippen LogP contribution in [0.15, 0.2) is 0 Å². The van der Waals surface area contributed by atoms with Crippen molar-refractivity contribution >= 4 is 23.6 Å². The lowest BCUT2D eigenvalue weighted by Gasteiger charge is -2.27. The number of nitrogens with zero attached hydrogens (tertiary/aromatic N) is 2. The second-order valence-electron chi connectivity index (χ2n) is 4.49. The number of rotatable bonds is 6. The summed E-state index contributed by atoms with van der Waals surface area (Å²) in [6.45, 7) is 3.42. The summed E-state index contributed by atoms with van der Waals surface area (Å²) in [6, 6.07) is -0.268. The lowest BCUT2D eigenvalue weighted by atomic mass is 10.2. The summed E-state index contributed by atoms with van der Waals surface area (Å²) in [5, 5.41) is 3.02. The minimum absolute atomic E-state index is 0.0553. The van der Waals surface area contributed by atoms with Gasteiger partial charge in [0.1, 0.15) is 6.04 Å². The van der Waals surface area contributed by atoms with E-state index >= 15 is 0 Å². The third kappa shape index (κ3) is 3.88. The number of thioether (sulfide) groups is 1. The lowest BCUT2D eigenvalue weighted by molar-refractivity contribution is -0.142. The normalized spacial score (nSPS) is 19.1. The Morgan fingerprint density at radius 2 is 2.22 bits per heavy atom. The van der Waals surface area contributed by atoms with Crippen LogP contribution in [-0.4, -0.2) is 66.5 Å². The highest BCUT2D eigenvalue weighted by atomic mass is 32.2. The van der Waals surface area contributed by atoms with E-state index in [0.717, 1.165) is 18.7 Å². The first-order valence-corrected chi connectivity index (χ1v) is 7.54. The number of likely N-dealkylation sites (N-methyl/N-ethyl adjacent to an activating group) is 2. The standard InChI is InChI=1S/C12H23N3O2S/c1-4-5-11(16)15-9-18-8-10(15)12(17)14(3)7-6-13-2/h10,13H,4-9H2,1-3H3. The maximum Gasteiger partial charge on any atom is 0.246 e. The van der Waals surface area contributed by atoms with Crippen LogP contribution in [0.2, 0.25) is 0 Å². The molecule has 0 aliphatic carbocycles. The Bertz CT molecular complexity index is 299. The molecule has 0 radical (unpaired) electrons. The van der Waals surface area contributed by atoms with E-state index in [2.05, 4.69) is 5.32 Å². The molecule has 0 saturated carbocycles. The first-order chi connectivity index (χ1) is 8.61. The van der Waals surface area contributed by atoms with Crippen molar-refractivity contribution in [3.8, 4) is 0 Å². The van der Waals surface area contributed by atoms with Crippen LogP contribution in [0.3, 0.4) is 0 Å². The molecule has 1 rings (SSSR count). The molecule has 1 fully saturated rings. The van der Waals surface area contributed by atoms with Crippen molar-refractivity contribution in [1.29, 1.82) is 0 Å². The quantitative estimate of drug-likeness (QED) is 0.759. The Balaban J connectivity index is 2.57. The third-order valence-corrected chi connectivity index (χ3v) is 4.04. The van der Waals surface area contributed by atoms with Crippen LogP contribution in [-0.2, 0) is 9.59 Å². The van der Waals surface area contributed by atoms with Crippen LogP contribution in [0.5, 0.6) is 0 Å². The largest absolute Gasteiger partial charge is 0.343 e. The van der Waals surface area contributed by atoms with Crippen molar-refractivity contribution in [2.75, 3.05) is 38.8 Å². The van der Waals surface area contributed by atoms with Gasteiger partial charge >= 0.3 is 0 Å².